The first-order valence-electron chi connectivity index (χ1n) is 9.66. The van der Waals surface area contributed by atoms with Crippen molar-refractivity contribution >= 4 is 29.9 Å². The zero-order valence-corrected chi connectivity index (χ0v) is 18.6. The maximum absolute atomic E-state index is 13.0. The van der Waals surface area contributed by atoms with E-state index < -0.39 is 6.10 Å². The highest BCUT2D eigenvalue weighted by Gasteiger charge is 2.25. The van der Waals surface area contributed by atoms with E-state index in [0.717, 1.165) is 38.4 Å². The van der Waals surface area contributed by atoms with Gasteiger partial charge in [-0.2, -0.15) is 0 Å². The Morgan fingerprint density at radius 2 is 1.93 bits per heavy atom. The van der Waals surface area contributed by atoms with Crippen LogP contribution in [0.1, 0.15) is 30.6 Å². The number of nitrogens with one attached hydrogen (secondary N) is 1. The van der Waals surface area contributed by atoms with Crippen molar-refractivity contribution in [3.63, 3.8) is 0 Å². The van der Waals surface area contributed by atoms with E-state index in [2.05, 4.69) is 39.5 Å². The molecule has 1 aliphatic heterocycles. The normalized spacial score (nSPS) is 17.9. The average molecular weight is 497 g/mol. The molecule has 1 heterocycles. The molecule has 0 aromatic heterocycles. The van der Waals surface area contributed by atoms with Gasteiger partial charge in [0.2, 0.25) is 0 Å². The predicted octanol–water partition coefficient (Wildman–Crippen LogP) is 4.01. The highest BCUT2D eigenvalue weighted by atomic mass is 127. The average Bonchev–Trinajstić information content (AvgIpc) is 3.14. The number of rotatable bonds is 6. The van der Waals surface area contributed by atoms with E-state index in [1.165, 1.54) is 17.7 Å². The van der Waals surface area contributed by atoms with Crippen LogP contribution in [0.4, 0.5) is 4.39 Å². The highest BCUT2D eigenvalue weighted by Crippen LogP contribution is 2.21. The second-order valence-electron chi connectivity index (χ2n) is 7.05. The number of benzene rings is 2. The molecule has 28 heavy (non-hydrogen) atoms. The number of nitrogens with zero attached hydrogens (tertiary/aromatic N) is 2. The van der Waals surface area contributed by atoms with Crippen LogP contribution in [-0.2, 0) is 6.42 Å². The molecule has 2 atom stereocenters. The van der Waals surface area contributed by atoms with Crippen molar-refractivity contribution < 1.29 is 9.50 Å². The number of guanidine groups is 1. The van der Waals surface area contributed by atoms with E-state index >= 15 is 0 Å². The van der Waals surface area contributed by atoms with Crippen molar-refractivity contribution in [2.75, 3.05) is 26.2 Å². The van der Waals surface area contributed by atoms with Crippen molar-refractivity contribution in [3.05, 3.63) is 71.5 Å². The molecular formula is C22H29FIN3O. The molecule has 4 nitrogen and oxygen atoms in total. The molecule has 6 heteroatoms. The Labute approximate surface area is 183 Å². The molecule has 1 aliphatic rings. The third-order valence-electron chi connectivity index (χ3n) is 4.96. The van der Waals surface area contributed by atoms with Crippen LogP contribution in [0, 0.1) is 11.7 Å². The second kappa shape index (κ2) is 11.4. The van der Waals surface area contributed by atoms with Crippen LogP contribution in [0.3, 0.4) is 0 Å². The van der Waals surface area contributed by atoms with Crippen molar-refractivity contribution in [2.45, 2.75) is 25.9 Å². The van der Waals surface area contributed by atoms with E-state index in [1.54, 1.807) is 12.1 Å². The summed E-state index contributed by atoms with van der Waals surface area (Å²) in [4.78, 5) is 6.90. The first kappa shape index (κ1) is 22.6. The number of aliphatic hydroxyl groups excluding tert-OH is 1. The molecule has 0 radical (unpaired) electrons. The largest absolute Gasteiger partial charge is 0.386 e. The number of likely N-dealkylation sites (tertiary alicyclic amines) is 1. The lowest BCUT2D eigenvalue weighted by molar-refractivity contribution is 0.186. The minimum atomic E-state index is -0.734. The summed E-state index contributed by atoms with van der Waals surface area (Å²) in [6, 6.07) is 16.5. The van der Waals surface area contributed by atoms with Gasteiger partial charge in [-0.1, -0.05) is 42.5 Å². The monoisotopic (exact) mass is 497 g/mol. The molecule has 2 aromatic rings. The smallest absolute Gasteiger partial charge is 0.194 e. The number of hydrogen-bond acceptors (Lipinski definition) is 2. The van der Waals surface area contributed by atoms with Crippen LogP contribution >= 0.6 is 24.0 Å². The van der Waals surface area contributed by atoms with E-state index in [9.17, 15) is 9.50 Å². The lowest BCUT2D eigenvalue weighted by atomic mass is 9.99. The van der Waals surface area contributed by atoms with Gasteiger partial charge in [-0.3, -0.25) is 4.99 Å². The molecule has 0 amide bonds. The molecule has 0 bridgehead atoms. The van der Waals surface area contributed by atoms with Crippen LogP contribution < -0.4 is 5.32 Å². The molecule has 0 spiro atoms. The minimum Gasteiger partial charge on any atom is -0.386 e. The zero-order valence-electron chi connectivity index (χ0n) is 16.2. The summed E-state index contributed by atoms with van der Waals surface area (Å²) < 4.78 is 13.0. The Morgan fingerprint density at radius 1 is 1.21 bits per heavy atom. The minimum absolute atomic E-state index is 0. The fourth-order valence-corrected chi connectivity index (χ4v) is 3.53. The molecular weight excluding hydrogens is 468 g/mol. The van der Waals surface area contributed by atoms with Gasteiger partial charge in [0.25, 0.3) is 0 Å². The Morgan fingerprint density at radius 3 is 2.61 bits per heavy atom. The quantitative estimate of drug-likeness (QED) is 0.361. The van der Waals surface area contributed by atoms with Gasteiger partial charge in [0.15, 0.2) is 5.96 Å². The lowest BCUT2D eigenvalue weighted by Gasteiger charge is -2.22. The summed E-state index contributed by atoms with van der Waals surface area (Å²) in [6.45, 7) is 5.02. The van der Waals surface area contributed by atoms with Gasteiger partial charge in [0.05, 0.1) is 12.6 Å². The number of hydrogen-bond donors (Lipinski definition) is 2. The van der Waals surface area contributed by atoms with Crippen LogP contribution in [0.5, 0.6) is 0 Å². The summed E-state index contributed by atoms with van der Waals surface area (Å²) >= 11 is 0. The Bertz CT molecular complexity index is 739. The second-order valence-corrected chi connectivity index (χ2v) is 7.05. The van der Waals surface area contributed by atoms with E-state index in [4.69, 9.17) is 0 Å². The standard InChI is InChI=1S/C22H28FN3O.HI/c1-2-24-22(25-15-21(27)19-8-10-20(23)11-9-19)26-13-12-18(16-26)14-17-6-4-3-5-7-17;/h3-11,18,21,27H,2,12-16H2,1H3,(H,24,25);1H. The maximum Gasteiger partial charge on any atom is 0.194 e. The van der Waals surface area contributed by atoms with Crippen LogP contribution in [0.25, 0.3) is 0 Å². The molecule has 2 aromatic carbocycles. The number of aliphatic imine (C=N–C) groups is 1. The molecule has 3 rings (SSSR count). The number of halogens is 2. The van der Waals surface area contributed by atoms with Gasteiger partial charge in [-0.25, -0.2) is 4.39 Å². The third-order valence-corrected chi connectivity index (χ3v) is 4.96. The lowest BCUT2D eigenvalue weighted by Crippen LogP contribution is -2.40. The maximum atomic E-state index is 13.0. The van der Waals surface area contributed by atoms with E-state index in [0.29, 0.717) is 11.5 Å². The first-order valence-corrected chi connectivity index (χ1v) is 9.66. The van der Waals surface area contributed by atoms with Crippen molar-refractivity contribution in [3.8, 4) is 0 Å². The molecule has 0 saturated carbocycles. The molecule has 0 aliphatic carbocycles. The molecule has 2 N–H and O–H groups in total. The molecule has 152 valence electrons. The van der Waals surface area contributed by atoms with Crippen molar-refractivity contribution in [2.24, 2.45) is 10.9 Å². The molecule has 2 unspecified atom stereocenters. The Kier molecular flexibility index (Phi) is 9.18. The van der Waals surface area contributed by atoms with Crippen molar-refractivity contribution in [1.82, 2.24) is 10.2 Å². The molecule has 1 fully saturated rings. The summed E-state index contributed by atoms with van der Waals surface area (Å²) in [6.07, 6.45) is 1.48. The predicted molar refractivity (Wildman–Crippen MR) is 123 cm³/mol. The van der Waals surface area contributed by atoms with E-state index in [-0.39, 0.29) is 36.3 Å². The summed E-state index contributed by atoms with van der Waals surface area (Å²) in [7, 11) is 0. The summed E-state index contributed by atoms with van der Waals surface area (Å²) in [5.74, 6) is 1.15. The fraction of sp³-hybridized carbons (Fsp3) is 0.409. The van der Waals surface area contributed by atoms with E-state index in [1.807, 2.05) is 13.0 Å². The van der Waals surface area contributed by atoms with Gasteiger partial charge in [-0.05, 0) is 48.9 Å². The van der Waals surface area contributed by atoms with Crippen LogP contribution in [0.2, 0.25) is 0 Å². The van der Waals surface area contributed by atoms with Crippen LogP contribution in [-0.4, -0.2) is 42.1 Å². The number of aliphatic hydroxyl groups is 1. The zero-order chi connectivity index (χ0) is 19.1. The van der Waals surface area contributed by atoms with Gasteiger partial charge in [0.1, 0.15) is 5.82 Å². The van der Waals surface area contributed by atoms with Gasteiger partial charge in [0, 0.05) is 19.6 Å². The van der Waals surface area contributed by atoms with Gasteiger partial charge in [-0.15, -0.1) is 24.0 Å². The Hall–Kier alpha value is -1.67. The first-order chi connectivity index (χ1) is 13.2. The Balaban J connectivity index is 0.00000280. The highest BCUT2D eigenvalue weighted by molar-refractivity contribution is 14.0. The molecule has 1 saturated heterocycles. The van der Waals surface area contributed by atoms with Gasteiger partial charge >= 0.3 is 0 Å². The topological polar surface area (TPSA) is 47.9 Å². The summed E-state index contributed by atoms with van der Waals surface area (Å²) in [5.41, 5.74) is 2.05. The SMILES string of the molecule is CCNC(=NCC(O)c1ccc(F)cc1)N1CCC(Cc2ccccc2)C1.I. The fourth-order valence-electron chi connectivity index (χ4n) is 3.53. The van der Waals surface area contributed by atoms with Gasteiger partial charge < -0.3 is 15.3 Å². The van der Waals surface area contributed by atoms with Crippen LogP contribution in [0.15, 0.2) is 59.6 Å². The third kappa shape index (κ3) is 6.44. The summed E-state index contributed by atoms with van der Waals surface area (Å²) in [5, 5.41) is 13.7. The van der Waals surface area contributed by atoms with Crippen molar-refractivity contribution in [1.29, 1.82) is 0 Å².